The lowest BCUT2D eigenvalue weighted by Crippen LogP contribution is -2.50. The van der Waals surface area contributed by atoms with E-state index >= 15 is 0 Å². The minimum atomic E-state index is -0.399. The Bertz CT molecular complexity index is 537. The van der Waals surface area contributed by atoms with Crippen LogP contribution >= 0.6 is 0 Å². The van der Waals surface area contributed by atoms with Gasteiger partial charge in [0, 0.05) is 12.5 Å². The van der Waals surface area contributed by atoms with E-state index in [0.29, 0.717) is 19.1 Å². The molecule has 5 nitrogen and oxygen atoms in total. The summed E-state index contributed by atoms with van der Waals surface area (Å²) in [6.45, 7) is 6.72. The Balaban J connectivity index is 1.63. The molecule has 0 bridgehead atoms. The normalized spacial score (nSPS) is 23.0. The molecule has 2 aliphatic rings. The fourth-order valence-corrected chi connectivity index (χ4v) is 2.89. The maximum atomic E-state index is 12.5. The van der Waals surface area contributed by atoms with Crippen LogP contribution < -0.4 is 9.64 Å². The van der Waals surface area contributed by atoms with Crippen LogP contribution in [0, 0.1) is 5.92 Å². The molecule has 1 saturated heterocycles. The number of amides is 1. The molecule has 0 aromatic heterocycles. The molecule has 1 amide bonds. The summed E-state index contributed by atoms with van der Waals surface area (Å²) in [6.07, 6.45) is 1.02. The molecule has 2 aliphatic heterocycles. The van der Waals surface area contributed by atoms with Gasteiger partial charge in [-0.2, -0.15) is 0 Å². The average molecular weight is 305 g/mol. The average Bonchev–Trinajstić information content (AvgIpc) is 2.98. The first-order valence-corrected chi connectivity index (χ1v) is 7.79. The number of benzene rings is 1. The van der Waals surface area contributed by atoms with Crippen LogP contribution in [0.15, 0.2) is 24.3 Å². The second-order valence-electron chi connectivity index (χ2n) is 6.55. The van der Waals surface area contributed by atoms with Gasteiger partial charge in [0.05, 0.1) is 25.4 Å². The van der Waals surface area contributed by atoms with Crippen LogP contribution in [0.2, 0.25) is 0 Å². The van der Waals surface area contributed by atoms with Crippen molar-refractivity contribution in [2.24, 2.45) is 5.92 Å². The second kappa shape index (κ2) is 6.26. The van der Waals surface area contributed by atoms with E-state index in [2.05, 4.69) is 0 Å². The Morgan fingerprint density at radius 1 is 1.41 bits per heavy atom. The molecule has 5 heteroatoms. The molecule has 0 N–H and O–H groups in total. The smallest absolute Gasteiger partial charge is 0.253 e. The van der Waals surface area contributed by atoms with Crippen LogP contribution in [-0.4, -0.2) is 44.5 Å². The highest BCUT2D eigenvalue weighted by Gasteiger charge is 2.34. The Hall–Kier alpha value is -1.59. The van der Waals surface area contributed by atoms with E-state index in [1.54, 1.807) is 4.90 Å². The Kier molecular flexibility index (Phi) is 4.36. The fraction of sp³-hybridized carbons (Fsp3) is 0.588. The largest absolute Gasteiger partial charge is 0.484 e. The molecule has 1 aromatic rings. The lowest BCUT2D eigenvalue weighted by molar-refractivity contribution is -0.124. The first kappa shape index (κ1) is 15.3. The minimum absolute atomic E-state index is 0.0252. The summed E-state index contributed by atoms with van der Waals surface area (Å²) in [4.78, 5) is 14.3. The predicted octanol–water partition coefficient (Wildman–Crippen LogP) is 2.24. The predicted molar refractivity (Wildman–Crippen MR) is 83.2 cm³/mol. The lowest BCUT2D eigenvalue weighted by Gasteiger charge is -2.39. The van der Waals surface area contributed by atoms with Crippen LogP contribution in [0.25, 0.3) is 0 Å². The number of carbonyl (C=O) groups is 1. The van der Waals surface area contributed by atoms with Gasteiger partial charge in [-0.15, -0.1) is 0 Å². The fourth-order valence-electron chi connectivity index (χ4n) is 2.89. The third-order valence-corrected chi connectivity index (χ3v) is 3.99. The molecule has 2 heterocycles. The molecule has 1 atom stereocenters. The van der Waals surface area contributed by atoms with Crippen LogP contribution in [0.5, 0.6) is 5.75 Å². The molecule has 0 saturated carbocycles. The van der Waals surface area contributed by atoms with Crippen molar-refractivity contribution in [2.75, 3.05) is 37.9 Å². The van der Waals surface area contributed by atoms with Gasteiger partial charge in [-0.25, -0.2) is 0 Å². The van der Waals surface area contributed by atoms with E-state index in [9.17, 15) is 4.79 Å². The minimum Gasteiger partial charge on any atom is -0.484 e. The topological polar surface area (TPSA) is 48.0 Å². The van der Waals surface area contributed by atoms with Gasteiger partial charge in [-0.05, 0) is 32.4 Å². The monoisotopic (exact) mass is 305 g/mol. The maximum Gasteiger partial charge on any atom is 0.253 e. The van der Waals surface area contributed by atoms with Crippen molar-refractivity contribution in [2.45, 2.75) is 25.9 Å². The lowest BCUT2D eigenvalue weighted by atomic mass is 10.1. The molecular formula is C17H23NO4. The van der Waals surface area contributed by atoms with Crippen molar-refractivity contribution in [3.8, 4) is 5.75 Å². The Morgan fingerprint density at radius 3 is 3.00 bits per heavy atom. The molecule has 3 rings (SSSR count). The van der Waals surface area contributed by atoms with E-state index < -0.39 is 5.60 Å². The van der Waals surface area contributed by atoms with E-state index in [1.807, 2.05) is 38.1 Å². The third-order valence-electron chi connectivity index (χ3n) is 3.99. The van der Waals surface area contributed by atoms with Crippen molar-refractivity contribution in [1.29, 1.82) is 0 Å². The SMILES string of the molecule is CC1(C)CN(C(=O)COCC2CCOC2)c2ccccc2O1. The number of anilines is 1. The molecule has 0 radical (unpaired) electrons. The van der Waals surface area contributed by atoms with Gasteiger partial charge < -0.3 is 19.1 Å². The molecule has 1 unspecified atom stereocenters. The number of rotatable bonds is 4. The number of nitrogens with zero attached hydrogens (tertiary/aromatic N) is 1. The number of hydrogen-bond donors (Lipinski definition) is 0. The highest BCUT2D eigenvalue weighted by Crippen LogP contribution is 2.36. The first-order chi connectivity index (χ1) is 10.6. The Labute approximate surface area is 131 Å². The van der Waals surface area contributed by atoms with Gasteiger partial charge in [0.2, 0.25) is 0 Å². The summed E-state index contributed by atoms with van der Waals surface area (Å²) in [6, 6.07) is 7.64. The van der Waals surface area contributed by atoms with Crippen LogP contribution in [0.4, 0.5) is 5.69 Å². The summed E-state index contributed by atoms with van der Waals surface area (Å²) in [5, 5.41) is 0. The zero-order chi connectivity index (χ0) is 15.6. The highest BCUT2D eigenvalue weighted by atomic mass is 16.5. The second-order valence-corrected chi connectivity index (χ2v) is 6.55. The molecule has 0 aliphatic carbocycles. The van der Waals surface area contributed by atoms with Crippen molar-refractivity contribution in [3.05, 3.63) is 24.3 Å². The zero-order valence-corrected chi connectivity index (χ0v) is 13.2. The molecule has 1 fully saturated rings. The number of fused-ring (bicyclic) bond motifs is 1. The van der Waals surface area contributed by atoms with Gasteiger partial charge in [0.25, 0.3) is 5.91 Å². The van der Waals surface area contributed by atoms with Gasteiger partial charge in [-0.1, -0.05) is 12.1 Å². The summed E-state index contributed by atoms with van der Waals surface area (Å²) < 4.78 is 16.9. The van der Waals surface area contributed by atoms with Gasteiger partial charge in [-0.3, -0.25) is 4.79 Å². The van der Waals surface area contributed by atoms with E-state index in [4.69, 9.17) is 14.2 Å². The number of para-hydroxylation sites is 2. The van der Waals surface area contributed by atoms with Gasteiger partial charge in [0.15, 0.2) is 0 Å². The Morgan fingerprint density at radius 2 is 2.23 bits per heavy atom. The maximum absolute atomic E-state index is 12.5. The summed E-state index contributed by atoms with van der Waals surface area (Å²) in [7, 11) is 0. The van der Waals surface area contributed by atoms with Crippen molar-refractivity contribution < 1.29 is 19.0 Å². The highest BCUT2D eigenvalue weighted by molar-refractivity contribution is 5.96. The van der Waals surface area contributed by atoms with Crippen LogP contribution in [-0.2, 0) is 14.3 Å². The number of carbonyl (C=O) groups excluding carboxylic acids is 1. The standard InChI is InChI=1S/C17H23NO4/c1-17(2)12-18(14-5-3-4-6-15(14)22-17)16(19)11-21-10-13-7-8-20-9-13/h3-6,13H,7-12H2,1-2H3. The molecular weight excluding hydrogens is 282 g/mol. The molecule has 0 spiro atoms. The van der Waals surface area contributed by atoms with Crippen molar-refractivity contribution >= 4 is 11.6 Å². The summed E-state index contributed by atoms with van der Waals surface area (Å²) >= 11 is 0. The van der Waals surface area contributed by atoms with E-state index in [0.717, 1.165) is 31.1 Å². The number of ether oxygens (including phenoxy) is 3. The van der Waals surface area contributed by atoms with Crippen molar-refractivity contribution in [1.82, 2.24) is 0 Å². The van der Waals surface area contributed by atoms with Crippen molar-refractivity contribution in [3.63, 3.8) is 0 Å². The molecule has 120 valence electrons. The van der Waals surface area contributed by atoms with E-state index in [1.165, 1.54) is 0 Å². The number of hydrogen-bond acceptors (Lipinski definition) is 4. The van der Waals surface area contributed by atoms with Crippen LogP contribution in [0.3, 0.4) is 0 Å². The van der Waals surface area contributed by atoms with Gasteiger partial charge >= 0.3 is 0 Å². The summed E-state index contributed by atoms with van der Waals surface area (Å²) in [5.41, 5.74) is 0.420. The summed E-state index contributed by atoms with van der Waals surface area (Å²) in [5.74, 6) is 1.14. The van der Waals surface area contributed by atoms with Crippen LogP contribution in [0.1, 0.15) is 20.3 Å². The quantitative estimate of drug-likeness (QED) is 0.856. The zero-order valence-electron chi connectivity index (χ0n) is 13.2. The first-order valence-electron chi connectivity index (χ1n) is 7.79. The van der Waals surface area contributed by atoms with E-state index in [-0.39, 0.29) is 12.5 Å². The molecule has 22 heavy (non-hydrogen) atoms. The third kappa shape index (κ3) is 3.42. The van der Waals surface area contributed by atoms with Gasteiger partial charge in [0.1, 0.15) is 18.0 Å². The molecule has 1 aromatic carbocycles.